The van der Waals surface area contributed by atoms with Gasteiger partial charge in [-0.15, -0.1) is 0 Å². The minimum absolute atomic E-state index is 0.00841. The number of hydrogen-bond acceptors (Lipinski definition) is 5. The molecule has 0 aliphatic carbocycles. The van der Waals surface area contributed by atoms with E-state index in [1.807, 2.05) is 0 Å². The first-order valence-electron chi connectivity index (χ1n) is 9.78. The molecule has 8 heteroatoms. The third-order valence-electron chi connectivity index (χ3n) is 4.69. The molecule has 0 unspecified atom stereocenters. The van der Waals surface area contributed by atoms with Crippen LogP contribution in [0, 0.1) is 10.1 Å². The Morgan fingerprint density at radius 2 is 2.00 bits per heavy atom. The Balaban J connectivity index is 1.68. The van der Waals surface area contributed by atoms with Crippen molar-refractivity contribution < 1.29 is 19.2 Å². The molecule has 1 aliphatic rings. The monoisotopic (exact) mass is 409 g/mol. The minimum Gasteiger partial charge on any atom is -0.482 e. The number of benzene rings is 2. The van der Waals surface area contributed by atoms with Gasteiger partial charge >= 0.3 is 0 Å². The number of anilines is 2. The van der Waals surface area contributed by atoms with E-state index in [4.69, 9.17) is 4.74 Å². The van der Waals surface area contributed by atoms with E-state index in [9.17, 15) is 19.7 Å². The number of nitrogens with zero attached hydrogens (tertiary/aromatic N) is 2. The molecule has 2 aromatic rings. The van der Waals surface area contributed by atoms with Gasteiger partial charge in [0.15, 0.2) is 6.61 Å². The van der Waals surface area contributed by atoms with Crippen LogP contribution in [0.5, 0.6) is 5.75 Å². The standard InChI is InChI=1S/C22H23N3O5/c1-2-3-4-13-24-19-14-17(8-11-20(19)30-15-22(24)27)23-21(26)12-7-16-5-9-18(10-6-16)25(28)29/h5-12,14H,2-4,13,15H2,1H3,(H,23,26)/b12-7+. The highest BCUT2D eigenvalue weighted by atomic mass is 16.6. The van der Waals surface area contributed by atoms with Crippen molar-refractivity contribution in [1.29, 1.82) is 0 Å². The summed E-state index contributed by atoms with van der Waals surface area (Å²) in [6, 6.07) is 11.1. The molecule has 3 rings (SSSR count). The molecule has 1 heterocycles. The first-order valence-corrected chi connectivity index (χ1v) is 9.78. The van der Waals surface area contributed by atoms with E-state index in [0.29, 0.717) is 29.2 Å². The maximum Gasteiger partial charge on any atom is 0.269 e. The Hall–Kier alpha value is -3.68. The van der Waals surface area contributed by atoms with Crippen molar-refractivity contribution in [3.63, 3.8) is 0 Å². The van der Waals surface area contributed by atoms with E-state index in [1.165, 1.54) is 18.2 Å². The highest BCUT2D eigenvalue weighted by Gasteiger charge is 2.25. The predicted octanol–water partition coefficient (Wildman–Crippen LogP) is 4.16. The van der Waals surface area contributed by atoms with Gasteiger partial charge in [0.2, 0.25) is 5.91 Å². The summed E-state index contributed by atoms with van der Waals surface area (Å²) in [5, 5.41) is 13.5. The van der Waals surface area contributed by atoms with Gasteiger partial charge in [0, 0.05) is 30.4 Å². The Bertz CT molecular complexity index is 969. The molecule has 1 aliphatic heterocycles. The second kappa shape index (κ2) is 9.69. The molecule has 0 spiro atoms. The first-order chi connectivity index (χ1) is 14.5. The minimum atomic E-state index is -0.476. The van der Waals surface area contributed by atoms with Crippen molar-refractivity contribution >= 4 is 35.0 Å². The lowest BCUT2D eigenvalue weighted by Crippen LogP contribution is -2.39. The van der Waals surface area contributed by atoms with Crippen LogP contribution < -0.4 is 15.0 Å². The van der Waals surface area contributed by atoms with Crippen LogP contribution >= 0.6 is 0 Å². The first kappa shape index (κ1) is 21.0. The molecule has 0 bridgehead atoms. The fourth-order valence-electron chi connectivity index (χ4n) is 3.11. The van der Waals surface area contributed by atoms with Crippen LogP contribution in [-0.4, -0.2) is 29.9 Å². The molecule has 0 aromatic heterocycles. The number of hydrogen-bond donors (Lipinski definition) is 1. The summed E-state index contributed by atoms with van der Waals surface area (Å²) in [5.74, 6) is 0.166. The van der Waals surface area contributed by atoms with Crippen molar-refractivity contribution in [2.24, 2.45) is 0 Å². The predicted molar refractivity (Wildman–Crippen MR) is 115 cm³/mol. The number of amides is 2. The highest BCUT2D eigenvalue weighted by Crippen LogP contribution is 2.34. The van der Waals surface area contributed by atoms with Gasteiger partial charge in [0.05, 0.1) is 10.6 Å². The number of unbranched alkanes of at least 4 members (excludes halogenated alkanes) is 2. The molecular formula is C22H23N3O5. The van der Waals surface area contributed by atoms with E-state index in [-0.39, 0.29) is 24.1 Å². The van der Waals surface area contributed by atoms with E-state index >= 15 is 0 Å². The lowest BCUT2D eigenvalue weighted by molar-refractivity contribution is -0.384. The second-order valence-corrected chi connectivity index (χ2v) is 6.89. The SMILES string of the molecule is CCCCCN1C(=O)COc2ccc(NC(=O)/C=C/c3ccc([N+](=O)[O-])cc3)cc21. The Morgan fingerprint density at radius 3 is 2.70 bits per heavy atom. The van der Waals surface area contributed by atoms with Gasteiger partial charge in [-0.3, -0.25) is 19.7 Å². The maximum atomic E-state index is 12.3. The normalized spacial score (nSPS) is 13.1. The quantitative estimate of drug-likeness (QED) is 0.305. The molecule has 0 atom stereocenters. The Kier molecular flexibility index (Phi) is 6.79. The average Bonchev–Trinajstić information content (AvgIpc) is 2.74. The van der Waals surface area contributed by atoms with Gasteiger partial charge in [-0.05, 0) is 48.4 Å². The van der Waals surface area contributed by atoms with Gasteiger partial charge in [0.1, 0.15) is 5.75 Å². The molecule has 1 N–H and O–H groups in total. The summed E-state index contributed by atoms with van der Waals surface area (Å²) < 4.78 is 5.50. The van der Waals surface area contributed by atoms with Gasteiger partial charge in [0.25, 0.3) is 11.6 Å². The van der Waals surface area contributed by atoms with E-state index in [2.05, 4.69) is 12.2 Å². The number of ether oxygens (including phenoxy) is 1. The van der Waals surface area contributed by atoms with Crippen LogP contribution in [0.25, 0.3) is 6.08 Å². The number of nitro groups is 1. The number of carbonyl (C=O) groups is 2. The largest absolute Gasteiger partial charge is 0.482 e. The lowest BCUT2D eigenvalue weighted by Gasteiger charge is -2.29. The summed E-state index contributed by atoms with van der Waals surface area (Å²) in [6.07, 6.45) is 5.91. The fourth-order valence-corrected chi connectivity index (χ4v) is 3.11. The van der Waals surface area contributed by atoms with Crippen LogP contribution in [0.2, 0.25) is 0 Å². The zero-order chi connectivity index (χ0) is 21.5. The summed E-state index contributed by atoms with van der Waals surface area (Å²) in [6.45, 7) is 2.73. The number of non-ortho nitro benzene ring substituents is 1. The molecule has 30 heavy (non-hydrogen) atoms. The fraction of sp³-hybridized carbons (Fsp3) is 0.273. The van der Waals surface area contributed by atoms with Crippen LogP contribution in [0.15, 0.2) is 48.5 Å². The zero-order valence-corrected chi connectivity index (χ0v) is 16.7. The van der Waals surface area contributed by atoms with Crippen molar-refractivity contribution in [3.8, 4) is 5.75 Å². The van der Waals surface area contributed by atoms with Gasteiger partial charge < -0.3 is 15.0 Å². The molecule has 8 nitrogen and oxygen atoms in total. The number of rotatable bonds is 8. The molecule has 2 aromatic carbocycles. The third kappa shape index (κ3) is 5.22. The van der Waals surface area contributed by atoms with Crippen molar-refractivity contribution in [3.05, 3.63) is 64.2 Å². The average molecular weight is 409 g/mol. The summed E-state index contributed by atoms with van der Waals surface area (Å²) in [4.78, 5) is 36.5. The van der Waals surface area contributed by atoms with Crippen molar-refractivity contribution in [2.45, 2.75) is 26.2 Å². The van der Waals surface area contributed by atoms with Gasteiger partial charge in [-0.1, -0.05) is 19.8 Å². The third-order valence-corrected chi connectivity index (χ3v) is 4.69. The summed E-state index contributed by atoms with van der Waals surface area (Å²) in [5.41, 5.74) is 1.86. The molecule has 156 valence electrons. The smallest absolute Gasteiger partial charge is 0.269 e. The van der Waals surface area contributed by atoms with Crippen LogP contribution in [0.1, 0.15) is 31.7 Å². The van der Waals surface area contributed by atoms with E-state index < -0.39 is 4.92 Å². The molecule has 2 amide bonds. The van der Waals surface area contributed by atoms with Crippen molar-refractivity contribution in [1.82, 2.24) is 0 Å². The van der Waals surface area contributed by atoms with Gasteiger partial charge in [-0.2, -0.15) is 0 Å². The summed E-state index contributed by atoms with van der Waals surface area (Å²) in [7, 11) is 0. The van der Waals surface area contributed by atoms with Crippen molar-refractivity contribution in [2.75, 3.05) is 23.4 Å². The van der Waals surface area contributed by atoms with E-state index in [1.54, 1.807) is 41.3 Å². The number of carbonyl (C=O) groups excluding carboxylic acids is 2. The topological polar surface area (TPSA) is 102 Å². The summed E-state index contributed by atoms with van der Waals surface area (Å²) >= 11 is 0. The molecule has 0 radical (unpaired) electrons. The zero-order valence-electron chi connectivity index (χ0n) is 16.7. The highest BCUT2D eigenvalue weighted by molar-refractivity contribution is 6.03. The Labute approximate surface area is 174 Å². The van der Waals surface area contributed by atoms with Crippen LogP contribution in [0.3, 0.4) is 0 Å². The number of nitro benzene ring substituents is 1. The Morgan fingerprint density at radius 1 is 1.23 bits per heavy atom. The molecule has 0 saturated carbocycles. The second-order valence-electron chi connectivity index (χ2n) is 6.89. The van der Waals surface area contributed by atoms with Crippen LogP contribution in [0.4, 0.5) is 17.1 Å². The number of fused-ring (bicyclic) bond motifs is 1. The van der Waals surface area contributed by atoms with Crippen LogP contribution in [-0.2, 0) is 9.59 Å². The molecule has 0 fully saturated rings. The van der Waals surface area contributed by atoms with E-state index in [0.717, 1.165) is 19.3 Å². The van der Waals surface area contributed by atoms with Gasteiger partial charge in [-0.25, -0.2) is 0 Å². The lowest BCUT2D eigenvalue weighted by atomic mass is 10.1. The molecular weight excluding hydrogens is 386 g/mol. The molecule has 0 saturated heterocycles. The number of nitrogens with one attached hydrogen (secondary N) is 1. The maximum absolute atomic E-state index is 12.3.